The van der Waals surface area contributed by atoms with Crippen LogP contribution in [0, 0.1) is 0 Å². The Morgan fingerprint density at radius 3 is 2.31 bits per heavy atom. The van der Waals surface area contributed by atoms with Gasteiger partial charge in [-0.3, -0.25) is 9.59 Å². The molecule has 1 aliphatic rings. The minimum atomic E-state index is -0.988. The molecule has 0 bridgehead atoms. The Labute approximate surface area is 258 Å². The van der Waals surface area contributed by atoms with Crippen LogP contribution in [-0.2, 0) is 20.7 Å². The van der Waals surface area contributed by atoms with E-state index in [0.29, 0.717) is 18.0 Å². The number of carbonyl (C=O) groups excluding carboxylic acids is 2. The average Bonchev–Trinajstić information content (AvgIpc) is 3.09. The Bertz CT molecular complexity index is 1360. The third-order valence-electron chi connectivity index (χ3n) is 7.12. The van der Waals surface area contributed by atoms with Crippen molar-refractivity contribution in [2.45, 2.75) is 42.6 Å². The van der Waals surface area contributed by atoms with Crippen molar-refractivity contribution in [2.24, 2.45) is 0 Å². The number of carbonyl (C=O) groups is 2. The number of benzene rings is 3. The molecule has 8 nitrogen and oxygen atoms in total. The molecule has 10 heteroatoms. The number of ether oxygens (including phenoxy) is 4. The average molecular weight is 615 g/mol. The second kappa shape index (κ2) is 15.2. The second-order valence-corrected chi connectivity index (χ2v) is 11.3. The maximum absolute atomic E-state index is 14.3. The molecule has 226 valence electrons. The maximum Gasteiger partial charge on any atom is 0.303 e. The third-order valence-corrected chi connectivity index (χ3v) is 8.49. The number of fused-ring (bicyclic) bond motifs is 1. The van der Waals surface area contributed by atoms with Crippen molar-refractivity contribution < 1.29 is 28.5 Å². The predicted octanol–water partition coefficient (Wildman–Crippen LogP) is 5.81. The molecule has 1 heterocycles. The van der Waals surface area contributed by atoms with Crippen molar-refractivity contribution in [3.8, 4) is 17.2 Å². The largest absolute Gasteiger partial charge is 0.497 e. The number of likely N-dealkylation sites (N-methyl/N-ethyl adjacent to an activating group) is 1. The number of hydrogen-bond acceptors (Lipinski definition) is 8. The smallest absolute Gasteiger partial charge is 0.303 e. The molecule has 3 atom stereocenters. The highest BCUT2D eigenvalue weighted by molar-refractivity contribution is 7.99. The zero-order valence-electron chi connectivity index (χ0n) is 24.9. The lowest BCUT2D eigenvalue weighted by Crippen LogP contribution is -2.50. The predicted molar refractivity (Wildman–Crippen MR) is 169 cm³/mol. The first-order valence-electron chi connectivity index (χ1n) is 13.5. The quantitative estimate of drug-likeness (QED) is 0.251. The number of methoxy groups -OCH3 is 3. The van der Waals surface area contributed by atoms with Crippen LogP contribution in [0.4, 0.5) is 5.69 Å². The van der Waals surface area contributed by atoms with Crippen LogP contribution < -0.4 is 19.1 Å². The van der Waals surface area contributed by atoms with Gasteiger partial charge in [0.1, 0.15) is 5.75 Å². The number of nitrogens with zero attached hydrogens (tertiary/aromatic N) is 2. The van der Waals surface area contributed by atoms with Gasteiger partial charge < -0.3 is 28.7 Å². The highest BCUT2D eigenvalue weighted by atomic mass is 35.5. The standard InChI is InChI=1S/C32H38N2O6S.ClH/c1-21(20-33(3)18-17-23-11-16-27(38-5)28(19-23)39-6)34-26-9-7-8-10-29(26)41-31(30(32(34)36)40-22(2)35)24-12-14-25(37-4)15-13-24;/h7-16,19,21,30-31H,17-18,20H2,1-6H3;1H/t21-,30?,31?;/m0./s1. The molecule has 4 rings (SSSR count). The number of rotatable bonds is 11. The van der Waals surface area contributed by atoms with Crippen LogP contribution in [-0.4, -0.2) is 70.4 Å². The third kappa shape index (κ3) is 7.70. The lowest BCUT2D eigenvalue weighted by Gasteiger charge is -2.34. The molecule has 0 N–H and O–H groups in total. The van der Waals surface area contributed by atoms with Crippen LogP contribution in [0.25, 0.3) is 0 Å². The van der Waals surface area contributed by atoms with E-state index in [9.17, 15) is 9.59 Å². The fraction of sp³-hybridized carbons (Fsp3) is 0.375. The van der Waals surface area contributed by atoms with Gasteiger partial charge in [-0.1, -0.05) is 30.3 Å². The first-order chi connectivity index (χ1) is 19.7. The molecule has 3 aromatic rings. The van der Waals surface area contributed by atoms with Crippen LogP contribution in [0.5, 0.6) is 17.2 Å². The van der Waals surface area contributed by atoms with Gasteiger partial charge in [0.15, 0.2) is 17.6 Å². The fourth-order valence-electron chi connectivity index (χ4n) is 5.10. The molecule has 1 amide bonds. The van der Waals surface area contributed by atoms with E-state index in [-0.39, 0.29) is 24.4 Å². The normalized spacial score (nSPS) is 17.0. The molecule has 2 unspecified atom stereocenters. The van der Waals surface area contributed by atoms with Gasteiger partial charge in [0.05, 0.1) is 32.3 Å². The van der Waals surface area contributed by atoms with Crippen molar-refractivity contribution in [3.63, 3.8) is 0 Å². The number of anilines is 1. The van der Waals surface area contributed by atoms with Gasteiger partial charge in [-0.05, 0) is 67.9 Å². The number of halogens is 1. The maximum atomic E-state index is 14.3. The molecule has 0 aliphatic carbocycles. The van der Waals surface area contributed by atoms with Gasteiger partial charge >= 0.3 is 5.97 Å². The van der Waals surface area contributed by atoms with Crippen molar-refractivity contribution in [1.29, 1.82) is 0 Å². The highest BCUT2D eigenvalue weighted by Gasteiger charge is 2.42. The first kappa shape index (κ1) is 33.1. The second-order valence-electron chi connectivity index (χ2n) is 10.1. The number of amides is 1. The van der Waals surface area contributed by atoms with Crippen molar-refractivity contribution in [1.82, 2.24) is 4.90 Å². The van der Waals surface area contributed by atoms with Crippen LogP contribution in [0.1, 0.15) is 30.2 Å². The molecule has 0 fully saturated rings. The summed E-state index contributed by atoms with van der Waals surface area (Å²) in [6, 6.07) is 21.2. The number of thioether (sulfide) groups is 1. The Balaban J connectivity index is 0.00000484. The summed E-state index contributed by atoms with van der Waals surface area (Å²) < 4.78 is 21.9. The monoisotopic (exact) mass is 614 g/mol. The Morgan fingerprint density at radius 2 is 1.67 bits per heavy atom. The lowest BCUT2D eigenvalue weighted by molar-refractivity contribution is -0.153. The summed E-state index contributed by atoms with van der Waals surface area (Å²) in [6.45, 7) is 4.78. The SMILES string of the molecule is COc1ccc(C2Sc3ccccc3N([C@@H](C)CN(C)CCc3ccc(OC)c(OC)c3)C(=O)C2OC(C)=O)cc1.Cl. The first-order valence-corrected chi connectivity index (χ1v) is 14.4. The minimum absolute atomic E-state index is 0. The number of para-hydroxylation sites is 1. The van der Waals surface area contributed by atoms with Crippen molar-refractivity contribution in [2.75, 3.05) is 46.4 Å². The molecule has 3 aromatic carbocycles. The molecule has 0 saturated heterocycles. The van der Waals surface area contributed by atoms with Crippen LogP contribution in [0.2, 0.25) is 0 Å². The Morgan fingerprint density at radius 1 is 0.976 bits per heavy atom. The van der Waals surface area contributed by atoms with Crippen LogP contribution in [0.3, 0.4) is 0 Å². The van der Waals surface area contributed by atoms with Crippen molar-refractivity contribution in [3.05, 3.63) is 77.9 Å². The molecular formula is C32H39ClN2O6S. The fourth-order valence-corrected chi connectivity index (χ4v) is 6.41. The molecule has 0 radical (unpaired) electrons. The molecule has 1 aliphatic heterocycles. The lowest BCUT2D eigenvalue weighted by atomic mass is 10.0. The van der Waals surface area contributed by atoms with E-state index >= 15 is 0 Å². The van der Waals surface area contributed by atoms with E-state index in [1.165, 1.54) is 18.7 Å². The summed E-state index contributed by atoms with van der Waals surface area (Å²) in [7, 11) is 6.91. The van der Waals surface area contributed by atoms with Gasteiger partial charge in [-0.2, -0.15) is 0 Å². The summed E-state index contributed by atoms with van der Waals surface area (Å²) in [5.74, 6) is 1.39. The Kier molecular flexibility index (Phi) is 12.0. The highest BCUT2D eigenvalue weighted by Crippen LogP contribution is 2.47. The summed E-state index contributed by atoms with van der Waals surface area (Å²) in [4.78, 5) is 31.4. The summed E-state index contributed by atoms with van der Waals surface area (Å²) in [5, 5.41) is -0.418. The summed E-state index contributed by atoms with van der Waals surface area (Å²) in [5.41, 5.74) is 2.83. The van der Waals surface area contributed by atoms with E-state index in [2.05, 4.69) is 4.90 Å². The molecular weight excluding hydrogens is 576 g/mol. The van der Waals surface area contributed by atoms with Gasteiger partial charge in [-0.15, -0.1) is 24.2 Å². The van der Waals surface area contributed by atoms with Crippen LogP contribution >= 0.6 is 24.2 Å². The summed E-state index contributed by atoms with van der Waals surface area (Å²) >= 11 is 1.54. The Hall–Kier alpha value is -3.40. The number of esters is 1. The van der Waals surface area contributed by atoms with E-state index in [4.69, 9.17) is 18.9 Å². The molecule has 42 heavy (non-hydrogen) atoms. The van der Waals surface area contributed by atoms with E-state index in [1.807, 2.05) is 80.7 Å². The van der Waals surface area contributed by atoms with Gasteiger partial charge in [0.2, 0.25) is 0 Å². The molecule has 0 saturated carbocycles. The van der Waals surface area contributed by atoms with E-state index in [1.54, 1.807) is 26.2 Å². The molecule has 0 spiro atoms. The van der Waals surface area contributed by atoms with Crippen molar-refractivity contribution >= 4 is 41.7 Å². The minimum Gasteiger partial charge on any atom is -0.497 e. The topological polar surface area (TPSA) is 77.5 Å². The van der Waals surface area contributed by atoms with E-state index in [0.717, 1.165) is 40.4 Å². The number of hydrogen-bond donors (Lipinski definition) is 0. The summed E-state index contributed by atoms with van der Waals surface area (Å²) in [6.07, 6.45) is -0.183. The zero-order valence-corrected chi connectivity index (χ0v) is 26.5. The van der Waals surface area contributed by atoms with Gasteiger partial charge in [0.25, 0.3) is 5.91 Å². The van der Waals surface area contributed by atoms with Crippen LogP contribution in [0.15, 0.2) is 71.6 Å². The van der Waals surface area contributed by atoms with Gasteiger partial charge in [0, 0.05) is 31.0 Å². The molecule has 0 aromatic heterocycles. The van der Waals surface area contributed by atoms with E-state index < -0.39 is 17.3 Å². The zero-order chi connectivity index (χ0) is 29.5. The van der Waals surface area contributed by atoms with Gasteiger partial charge in [-0.25, -0.2) is 0 Å².